The van der Waals surface area contributed by atoms with Crippen LogP contribution in [0.25, 0.3) is 0 Å². The van der Waals surface area contributed by atoms with Gasteiger partial charge in [-0.3, -0.25) is 4.99 Å². The average molecular weight is 407 g/mol. The quantitative estimate of drug-likeness (QED) is 0.415. The Kier molecular flexibility index (Phi) is 10.8. The summed E-state index contributed by atoms with van der Waals surface area (Å²) in [7, 11) is 3.42. The van der Waals surface area contributed by atoms with E-state index in [9.17, 15) is 0 Å². The first kappa shape index (κ1) is 19.8. The van der Waals surface area contributed by atoms with Gasteiger partial charge in [0, 0.05) is 20.1 Å². The highest BCUT2D eigenvalue weighted by molar-refractivity contribution is 14.0. The lowest BCUT2D eigenvalue weighted by Crippen LogP contribution is -2.37. The molecular weight excluding hydrogens is 381 g/mol. The average Bonchev–Trinajstić information content (AvgIpc) is 2.49. The van der Waals surface area contributed by atoms with E-state index in [4.69, 9.17) is 9.47 Å². The minimum Gasteiger partial charge on any atom is -0.493 e. The molecule has 0 saturated heterocycles. The van der Waals surface area contributed by atoms with Crippen molar-refractivity contribution in [2.75, 3.05) is 27.3 Å². The third-order valence-corrected chi connectivity index (χ3v) is 2.75. The molecule has 0 aliphatic heterocycles. The van der Waals surface area contributed by atoms with Gasteiger partial charge in [-0.05, 0) is 31.0 Å². The second-order valence-electron chi connectivity index (χ2n) is 4.27. The van der Waals surface area contributed by atoms with E-state index in [0.717, 1.165) is 36.0 Å². The molecule has 0 heterocycles. The molecule has 0 unspecified atom stereocenters. The van der Waals surface area contributed by atoms with Crippen molar-refractivity contribution in [1.82, 2.24) is 10.6 Å². The summed E-state index contributed by atoms with van der Waals surface area (Å²) in [5.41, 5.74) is 1.12. The van der Waals surface area contributed by atoms with Gasteiger partial charge in [-0.25, -0.2) is 0 Å². The van der Waals surface area contributed by atoms with Crippen LogP contribution in [0.2, 0.25) is 0 Å². The minimum absolute atomic E-state index is 0. The fourth-order valence-electron chi connectivity index (χ4n) is 1.75. The summed E-state index contributed by atoms with van der Waals surface area (Å²) in [4.78, 5) is 4.17. The number of guanidine groups is 1. The number of nitrogens with zero attached hydrogens (tertiary/aromatic N) is 1. The van der Waals surface area contributed by atoms with Crippen LogP contribution in [0.15, 0.2) is 23.2 Å². The summed E-state index contributed by atoms with van der Waals surface area (Å²) in [5.74, 6) is 2.33. The molecule has 6 heteroatoms. The van der Waals surface area contributed by atoms with Gasteiger partial charge in [0.25, 0.3) is 0 Å². The Hall–Kier alpha value is -1.18. The Bertz CT molecular complexity index is 439. The molecule has 1 aromatic rings. The van der Waals surface area contributed by atoms with E-state index in [1.165, 1.54) is 0 Å². The fraction of sp³-hybridized carbons (Fsp3) is 0.533. The monoisotopic (exact) mass is 407 g/mol. The molecular formula is C15H26IN3O2. The second-order valence-corrected chi connectivity index (χ2v) is 4.27. The van der Waals surface area contributed by atoms with Gasteiger partial charge in [0.1, 0.15) is 0 Å². The van der Waals surface area contributed by atoms with E-state index < -0.39 is 0 Å². The lowest BCUT2D eigenvalue weighted by atomic mass is 10.2. The highest BCUT2D eigenvalue weighted by atomic mass is 127. The highest BCUT2D eigenvalue weighted by Gasteiger charge is 2.05. The van der Waals surface area contributed by atoms with Gasteiger partial charge in [0.15, 0.2) is 17.5 Å². The second kappa shape index (κ2) is 11.5. The molecule has 0 aliphatic rings. The number of hydrogen-bond acceptors (Lipinski definition) is 3. The zero-order chi connectivity index (χ0) is 14.8. The number of halogens is 1. The number of ether oxygens (including phenoxy) is 2. The Morgan fingerprint density at radius 3 is 2.52 bits per heavy atom. The maximum absolute atomic E-state index is 5.50. The summed E-state index contributed by atoms with van der Waals surface area (Å²) in [6, 6.07) is 5.93. The van der Waals surface area contributed by atoms with Crippen LogP contribution in [0.3, 0.4) is 0 Å². The molecule has 2 N–H and O–H groups in total. The number of benzene rings is 1. The summed E-state index contributed by atoms with van der Waals surface area (Å²) < 4.78 is 10.8. The standard InChI is InChI=1S/C15H25N3O2.HI/c1-5-9-17-15(16-3)18-11-12-7-8-13(20-6-2)14(10-12)19-4;/h7-8,10H,5-6,9,11H2,1-4H3,(H2,16,17,18);1H. The number of aliphatic imine (C=N–C) groups is 1. The Morgan fingerprint density at radius 2 is 1.95 bits per heavy atom. The van der Waals surface area contributed by atoms with Crippen molar-refractivity contribution < 1.29 is 9.47 Å². The molecule has 0 aliphatic carbocycles. The smallest absolute Gasteiger partial charge is 0.191 e. The molecule has 1 rings (SSSR count). The van der Waals surface area contributed by atoms with Crippen molar-refractivity contribution in [3.8, 4) is 11.5 Å². The van der Waals surface area contributed by atoms with E-state index >= 15 is 0 Å². The van der Waals surface area contributed by atoms with Crippen LogP contribution < -0.4 is 20.1 Å². The predicted octanol–water partition coefficient (Wildman–Crippen LogP) is 2.79. The van der Waals surface area contributed by atoms with E-state index in [0.29, 0.717) is 13.2 Å². The third-order valence-electron chi connectivity index (χ3n) is 2.75. The van der Waals surface area contributed by atoms with Crippen LogP contribution in [-0.2, 0) is 6.54 Å². The first-order chi connectivity index (χ1) is 9.74. The van der Waals surface area contributed by atoms with E-state index in [2.05, 4.69) is 22.5 Å². The van der Waals surface area contributed by atoms with Crippen LogP contribution in [0, 0.1) is 0 Å². The zero-order valence-corrected chi connectivity index (χ0v) is 15.6. The zero-order valence-electron chi connectivity index (χ0n) is 13.2. The van der Waals surface area contributed by atoms with E-state index in [1.807, 2.05) is 25.1 Å². The molecule has 5 nitrogen and oxygen atoms in total. The summed E-state index contributed by atoms with van der Waals surface area (Å²) in [6.07, 6.45) is 1.07. The molecule has 1 aromatic carbocycles. The number of methoxy groups -OCH3 is 1. The molecule has 120 valence electrons. The molecule has 0 atom stereocenters. The number of hydrogen-bond donors (Lipinski definition) is 2. The molecule has 0 amide bonds. The van der Waals surface area contributed by atoms with Crippen molar-refractivity contribution >= 4 is 29.9 Å². The largest absolute Gasteiger partial charge is 0.493 e. The van der Waals surface area contributed by atoms with Gasteiger partial charge in [-0.1, -0.05) is 13.0 Å². The van der Waals surface area contributed by atoms with Gasteiger partial charge in [-0.15, -0.1) is 24.0 Å². The van der Waals surface area contributed by atoms with Crippen molar-refractivity contribution in [2.24, 2.45) is 4.99 Å². The Balaban J connectivity index is 0.00000400. The van der Waals surface area contributed by atoms with Gasteiger partial charge < -0.3 is 20.1 Å². The molecule has 0 aromatic heterocycles. The lowest BCUT2D eigenvalue weighted by Gasteiger charge is -2.13. The number of rotatable bonds is 7. The first-order valence-electron chi connectivity index (χ1n) is 6.99. The topological polar surface area (TPSA) is 54.9 Å². The van der Waals surface area contributed by atoms with Crippen molar-refractivity contribution in [2.45, 2.75) is 26.8 Å². The van der Waals surface area contributed by atoms with Crippen LogP contribution in [-0.4, -0.2) is 33.3 Å². The van der Waals surface area contributed by atoms with Gasteiger partial charge in [0.2, 0.25) is 0 Å². The molecule has 0 radical (unpaired) electrons. The lowest BCUT2D eigenvalue weighted by molar-refractivity contribution is 0.310. The van der Waals surface area contributed by atoms with Crippen molar-refractivity contribution in [1.29, 1.82) is 0 Å². The minimum atomic E-state index is 0. The van der Waals surface area contributed by atoms with Crippen LogP contribution in [0.5, 0.6) is 11.5 Å². The van der Waals surface area contributed by atoms with Gasteiger partial charge in [-0.2, -0.15) is 0 Å². The van der Waals surface area contributed by atoms with E-state index in [1.54, 1.807) is 14.2 Å². The van der Waals surface area contributed by atoms with Crippen molar-refractivity contribution in [3.05, 3.63) is 23.8 Å². The Labute approximate surface area is 144 Å². The first-order valence-corrected chi connectivity index (χ1v) is 6.99. The maximum Gasteiger partial charge on any atom is 0.191 e. The third kappa shape index (κ3) is 6.88. The Morgan fingerprint density at radius 1 is 1.19 bits per heavy atom. The summed E-state index contributed by atoms with van der Waals surface area (Å²) in [5, 5.41) is 6.50. The molecule has 0 fully saturated rings. The van der Waals surface area contributed by atoms with Crippen LogP contribution >= 0.6 is 24.0 Å². The van der Waals surface area contributed by atoms with Gasteiger partial charge in [0.05, 0.1) is 13.7 Å². The molecule has 0 bridgehead atoms. The SMILES string of the molecule is CCCNC(=NC)NCc1ccc(OCC)c(OC)c1.I. The normalized spacial score (nSPS) is 10.6. The maximum atomic E-state index is 5.50. The molecule has 0 spiro atoms. The van der Waals surface area contributed by atoms with Gasteiger partial charge >= 0.3 is 0 Å². The summed E-state index contributed by atoms with van der Waals surface area (Å²) >= 11 is 0. The number of nitrogens with one attached hydrogen (secondary N) is 2. The molecule has 0 saturated carbocycles. The van der Waals surface area contributed by atoms with Crippen LogP contribution in [0.1, 0.15) is 25.8 Å². The van der Waals surface area contributed by atoms with Crippen molar-refractivity contribution in [3.63, 3.8) is 0 Å². The van der Waals surface area contributed by atoms with E-state index in [-0.39, 0.29) is 24.0 Å². The molecule has 21 heavy (non-hydrogen) atoms. The summed E-state index contributed by atoms with van der Waals surface area (Å²) in [6.45, 7) is 6.30. The fourth-order valence-corrected chi connectivity index (χ4v) is 1.75. The van der Waals surface area contributed by atoms with Crippen LogP contribution in [0.4, 0.5) is 0 Å². The predicted molar refractivity (Wildman–Crippen MR) is 98.1 cm³/mol. The highest BCUT2D eigenvalue weighted by Crippen LogP contribution is 2.27.